The molecule has 0 bridgehead atoms. The second kappa shape index (κ2) is 5.39. The fourth-order valence-corrected chi connectivity index (χ4v) is 2.67. The van der Waals surface area contributed by atoms with Crippen LogP contribution in [0.3, 0.4) is 0 Å². The van der Waals surface area contributed by atoms with Crippen molar-refractivity contribution in [3.05, 3.63) is 27.7 Å². The highest BCUT2D eigenvalue weighted by Crippen LogP contribution is 2.31. The van der Waals surface area contributed by atoms with E-state index < -0.39 is 0 Å². The molecule has 0 radical (unpaired) electrons. The molecule has 2 nitrogen and oxygen atoms in total. The third-order valence-corrected chi connectivity index (χ3v) is 3.63. The van der Waals surface area contributed by atoms with E-state index in [-0.39, 0.29) is 12.2 Å². The summed E-state index contributed by atoms with van der Waals surface area (Å²) in [7, 11) is 0. The monoisotopic (exact) mass is 304 g/mol. The number of aliphatic hydroxyl groups is 1. The Labute approximate surface area is 109 Å². The molecule has 1 aromatic carbocycles. The van der Waals surface area contributed by atoms with Crippen LogP contribution in [0.25, 0.3) is 0 Å². The maximum absolute atomic E-state index is 9.80. The molecule has 2 unspecified atom stereocenters. The van der Waals surface area contributed by atoms with E-state index in [2.05, 4.69) is 15.9 Å². The molecule has 1 aromatic rings. The summed E-state index contributed by atoms with van der Waals surface area (Å²) in [6.45, 7) is 0. The summed E-state index contributed by atoms with van der Waals surface area (Å²) in [5.74, 6) is 0.649. The molecule has 88 valence electrons. The largest absolute Gasteiger partial charge is 0.486 e. The maximum atomic E-state index is 9.80. The Balaban J connectivity index is 2.07. The fourth-order valence-electron chi connectivity index (χ4n) is 1.95. The van der Waals surface area contributed by atoms with Gasteiger partial charge in [-0.2, -0.15) is 0 Å². The molecule has 4 heteroatoms. The van der Waals surface area contributed by atoms with E-state index in [9.17, 15) is 5.11 Å². The average molecular weight is 306 g/mol. The molecule has 1 saturated carbocycles. The lowest BCUT2D eigenvalue weighted by atomic mass is 9.95. The van der Waals surface area contributed by atoms with Crippen LogP contribution in [0, 0.1) is 0 Å². The highest BCUT2D eigenvalue weighted by atomic mass is 79.9. The van der Waals surface area contributed by atoms with Gasteiger partial charge in [-0.3, -0.25) is 0 Å². The Bertz CT molecular complexity index is 370. The van der Waals surface area contributed by atoms with Gasteiger partial charge in [0.25, 0.3) is 0 Å². The predicted octanol–water partition coefficient (Wildman–Crippen LogP) is 3.78. The van der Waals surface area contributed by atoms with Crippen molar-refractivity contribution in [2.45, 2.75) is 37.9 Å². The van der Waals surface area contributed by atoms with E-state index in [1.165, 1.54) is 0 Å². The Hall–Kier alpha value is -0.250. The lowest BCUT2D eigenvalue weighted by molar-refractivity contribution is 0.00692. The van der Waals surface area contributed by atoms with Crippen molar-refractivity contribution in [3.63, 3.8) is 0 Å². The van der Waals surface area contributed by atoms with E-state index in [4.69, 9.17) is 16.3 Å². The summed E-state index contributed by atoms with van der Waals surface area (Å²) >= 11 is 9.40. The van der Waals surface area contributed by atoms with Crippen molar-refractivity contribution >= 4 is 27.5 Å². The van der Waals surface area contributed by atoms with Crippen LogP contribution in [0.5, 0.6) is 5.75 Å². The number of hydrogen-bond donors (Lipinski definition) is 1. The molecule has 0 aromatic heterocycles. The number of hydrogen-bond acceptors (Lipinski definition) is 2. The van der Waals surface area contributed by atoms with Crippen LogP contribution in [-0.4, -0.2) is 17.3 Å². The smallest absolute Gasteiger partial charge is 0.138 e. The molecular formula is C12H14BrClO2. The molecule has 0 spiro atoms. The van der Waals surface area contributed by atoms with Crippen LogP contribution in [0.15, 0.2) is 22.7 Å². The predicted molar refractivity (Wildman–Crippen MR) is 68.0 cm³/mol. The van der Waals surface area contributed by atoms with Crippen molar-refractivity contribution in [3.8, 4) is 5.75 Å². The molecule has 0 aliphatic heterocycles. The van der Waals surface area contributed by atoms with E-state index >= 15 is 0 Å². The van der Waals surface area contributed by atoms with Gasteiger partial charge in [0.05, 0.1) is 11.1 Å². The van der Waals surface area contributed by atoms with Crippen molar-refractivity contribution in [2.24, 2.45) is 0 Å². The van der Waals surface area contributed by atoms with Gasteiger partial charge in [-0.1, -0.05) is 34.0 Å². The summed E-state index contributed by atoms with van der Waals surface area (Å²) in [4.78, 5) is 0. The van der Waals surface area contributed by atoms with Gasteiger partial charge in [-0.05, 0) is 37.5 Å². The third-order valence-electron chi connectivity index (χ3n) is 2.84. The summed E-state index contributed by atoms with van der Waals surface area (Å²) in [5.41, 5.74) is 0. The first-order valence-corrected chi connectivity index (χ1v) is 6.63. The summed E-state index contributed by atoms with van der Waals surface area (Å²) < 4.78 is 6.68. The van der Waals surface area contributed by atoms with E-state index in [1.807, 2.05) is 12.1 Å². The van der Waals surface area contributed by atoms with E-state index in [0.717, 1.165) is 30.2 Å². The minimum absolute atomic E-state index is 0.118. The quantitative estimate of drug-likeness (QED) is 0.901. The second-order valence-electron chi connectivity index (χ2n) is 4.08. The van der Waals surface area contributed by atoms with Crippen LogP contribution < -0.4 is 4.74 Å². The molecule has 1 fully saturated rings. The summed E-state index contributed by atoms with van der Waals surface area (Å²) in [6.07, 6.45) is 3.41. The van der Waals surface area contributed by atoms with Gasteiger partial charge in [0.1, 0.15) is 11.9 Å². The highest BCUT2D eigenvalue weighted by molar-refractivity contribution is 9.10. The first-order valence-electron chi connectivity index (χ1n) is 5.46. The number of rotatable bonds is 2. The first-order chi connectivity index (χ1) is 7.66. The molecular weight excluding hydrogens is 291 g/mol. The van der Waals surface area contributed by atoms with E-state index in [0.29, 0.717) is 10.8 Å². The molecule has 2 rings (SSSR count). The summed E-state index contributed by atoms with van der Waals surface area (Å²) in [5, 5.41) is 10.4. The zero-order chi connectivity index (χ0) is 11.5. The molecule has 1 N–H and O–H groups in total. The molecule has 0 saturated heterocycles. The number of halogens is 2. The minimum atomic E-state index is -0.367. The Morgan fingerprint density at radius 1 is 1.31 bits per heavy atom. The third kappa shape index (κ3) is 2.90. The SMILES string of the molecule is OC1CCCCC1Oc1ccc(Br)cc1Cl. The number of aliphatic hydroxyl groups excluding tert-OH is 1. The first kappa shape index (κ1) is 12.2. The topological polar surface area (TPSA) is 29.5 Å². The average Bonchev–Trinajstić information content (AvgIpc) is 2.25. The Morgan fingerprint density at radius 2 is 2.06 bits per heavy atom. The van der Waals surface area contributed by atoms with Gasteiger partial charge in [-0.15, -0.1) is 0 Å². The van der Waals surface area contributed by atoms with Crippen molar-refractivity contribution in [2.75, 3.05) is 0 Å². The van der Waals surface area contributed by atoms with Crippen LogP contribution in [-0.2, 0) is 0 Å². The molecule has 1 aliphatic carbocycles. The highest BCUT2D eigenvalue weighted by Gasteiger charge is 2.25. The molecule has 2 atom stereocenters. The van der Waals surface area contributed by atoms with Crippen LogP contribution in [0.4, 0.5) is 0 Å². The standard InChI is InChI=1S/C12H14BrClO2/c13-8-5-6-11(9(14)7-8)16-12-4-2-1-3-10(12)15/h5-7,10,12,15H,1-4H2. The molecule has 0 amide bonds. The van der Waals surface area contributed by atoms with Gasteiger partial charge in [0.2, 0.25) is 0 Å². The van der Waals surface area contributed by atoms with Gasteiger partial charge >= 0.3 is 0 Å². The fraction of sp³-hybridized carbons (Fsp3) is 0.500. The molecule has 16 heavy (non-hydrogen) atoms. The van der Waals surface area contributed by atoms with Crippen LogP contribution in [0.1, 0.15) is 25.7 Å². The van der Waals surface area contributed by atoms with Crippen molar-refractivity contribution in [1.82, 2.24) is 0 Å². The number of ether oxygens (including phenoxy) is 1. The van der Waals surface area contributed by atoms with Gasteiger partial charge in [-0.25, -0.2) is 0 Å². The van der Waals surface area contributed by atoms with Gasteiger partial charge < -0.3 is 9.84 Å². The lowest BCUT2D eigenvalue weighted by Gasteiger charge is -2.28. The second-order valence-corrected chi connectivity index (χ2v) is 5.41. The van der Waals surface area contributed by atoms with E-state index in [1.54, 1.807) is 6.07 Å². The Kier molecular flexibility index (Phi) is 4.11. The van der Waals surface area contributed by atoms with Crippen molar-refractivity contribution < 1.29 is 9.84 Å². The number of benzene rings is 1. The zero-order valence-electron chi connectivity index (χ0n) is 8.83. The maximum Gasteiger partial charge on any atom is 0.138 e. The van der Waals surface area contributed by atoms with Gasteiger partial charge in [0.15, 0.2) is 0 Å². The zero-order valence-corrected chi connectivity index (χ0v) is 11.2. The summed E-state index contributed by atoms with van der Waals surface area (Å²) in [6, 6.07) is 5.51. The minimum Gasteiger partial charge on any atom is -0.486 e. The molecule has 0 heterocycles. The van der Waals surface area contributed by atoms with Crippen LogP contribution >= 0.6 is 27.5 Å². The van der Waals surface area contributed by atoms with Crippen molar-refractivity contribution in [1.29, 1.82) is 0 Å². The normalized spacial score (nSPS) is 25.4. The molecule has 1 aliphatic rings. The Morgan fingerprint density at radius 3 is 2.75 bits per heavy atom. The lowest BCUT2D eigenvalue weighted by Crippen LogP contribution is -2.34. The van der Waals surface area contributed by atoms with Gasteiger partial charge in [0, 0.05) is 4.47 Å². The van der Waals surface area contributed by atoms with Crippen LogP contribution in [0.2, 0.25) is 5.02 Å².